The fraction of sp³-hybridized carbons (Fsp3) is 0.750. The van der Waals surface area contributed by atoms with Crippen molar-refractivity contribution in [2.45, 2.75) is 13.8 Å². The van der Waals surface area contributed by atoms with Gasteiger partial charge in [0.25, 0.3) is 0 Å². The van der Waals surface area contributed by atoms with Crippen LogP contribution in [0.15, 0.2) is 12.2 Å². The average molecular weight is 272 g/mol. The van der Waals surface area contributed by atoms with Crippen molar-refractivity contribution in [3.63, 3.8) is 0 Å². The summed E-state index contributed by atoms with van der Waals surface area (Å²) in [4.78, 5) is 17.2. The predicted molar refractivity (Wildman–Crippen MR) is 61.8 cm³/mol. The van der Waals surface area contributed by atoms with Crippen molar-refractivity contribution in [3.05, 3.63) is 12.2 Å². The lowest BCUT2D eigenvalue weighted by molar-refractivity contribution is 0.222. The Morgan fingerprint density at radius 3 is 1.81 bits per heavy atom. The van der Waals surface area contributed by atoms with E-state index in [1.807, 2.05) is 0 Å². The van der Waals surface area contributed by atoms with E-state index < -0.39 is 15.2 Å². The van der Waals surface area contributed by atoms with Crippen LogP contribution in [0.25, 0.3) is 0 Å². The molecule has 0 heterocycles. The number of allylic oxidation sites excluding steroid dienone is 2. The molecule has 0 fully saturated rings. The zero-order valence-corrected chi connectivity index (χ0v) is 11.2. The molecule has 0 saturated carbocycles. The first-order valence-corrected chi connectivity index (χ1v) is 8.43. The zero-order chi connectivity index (χ0) is 12.7. The van der Waals surface area contributed by atoms with Crippen molar-refractivity contribution < 1.29 is 28.0 Å². The van der Waals surface area contributed by atoms with Crippen LogP contribution in [-0.4, -0.2) is 35.3 Å². The molecule has 8 heteroatoms. The van der Waals surface area contributed by atoms with Crippen molar-refractivity contribution in [2.24, 2.45) is 0 Å². The first-order chi connectivity index (χ1) is 7.33. The van der Waals surface area contributed by atoms with Crippen molar-refractivity contribution in [3.8, 4) is 0 Å². The van der Waals surface area contributed by atoms with Gasteiger partial charge in [0, 0.05) is 0 Å². The smallest absolute Gasteiger partial charge is 0.324 e. The summed E-state index contributed by atoms with van der Waals surface area (Å²) in [6, 6.07) is 0. The molecule has 96 valence electrons. The molecular weight excluding hydrogens is 254 g/mol. The molecule has 0 bridgehead atoms. The van der Waals surface area contributed by atoms with E-state index in [2.05, 4.69) is 0 Å². The summed E-state index contributed by atoms with van der Waals surface area (Å²) in [5, 5.41) is 0. The standard InChI is InChI=1S/C8H18O6P2/c1-3-13-16(12,14-4-2)8-6-5-7-15(9,10)11/h5-6H,3-4,7-8H2,1-2H3,(H2,9,10,11)/b6-5+. The third kappa shape index (κ3) is 8.22. The van der Waals surface area contributed by atoms with Gasteiger partial charge >= 0.3 is 15.2 Å². The molecular formula is C8H18O6P2. The summed E-state index contributed by atoms with van der Waals surface area (Å²) < 4.78 is 32.3. The lowest BCUT2D eigenvalue weighted by Crippen LogP contribution is -1.98. The third-order valence-electron chi connectivity index (χ3n) is 1.49. The molecule has 0 aliphatic rings. The van der Waals surface area contributed by atoms with E-state index in [4.69, 9.17) is 18.8 Å². The summed E-state index contributed by atoms with van der Waals surface area (Å²) >= 11 is 0. The van der Waals surface area contributed by atoms with Gasteiger partial charge in [0.1, 0.15) is 0 Å². The van der Waals surface area contributed by atoms with Crippen molar-refractivity contribution >= 4 is 15.2 Å². The van der Waals surface area contributed by atoms with Crippen molar-refractivity contribution in [1.29, 1.82) is 0 Å². The van der Waals surface area contributed by atoms with Gasteiger partial charge in [-0.2, -0.15) is 0 Å². The number of hydrogen-bond acceptors (Lipinski definition) is 4. The molecule has 0 rings (SSSR count). The van der Waals surface area contributed by atoms with Gasteiger partial charge in [-0.25, -0.2) is 0 Å². The van der Waals surface area contributed by atoms with Gasteiger partial charge in [0.15, 0.2) is 0 Å². The Kier molecular flexibility index (Phi) is 7.40. The van der Waals surface area contributed by atoms with Crippen LogP contribution in [0, 0.1) is 0 Å². The molecule has 0 saturated heterocycles. The van der Waals surface area contributed by atoms with E-state index in [9.17, 15) is 9.13 Å². The molecule has 0 unspecified atom stereocenters. The van der Waals surface area contributed by atoms with E-state index in [0.717, 1.165) is 0 Å². The summed E-state index contributed by atoms with van der Waals surface area (Å²) in [5.74, 6) is 0. The van der Waals surface area contributed by atoms with Gasteiger partial charge in [0.05, 0.1) is 25.5 Å². The maximum atomic E-state index is 11.8. The molecule has 0 aromatic carbocycles. The topological polar surface area (TPSA) is 93.1 Å². The van der Waals surface area contributed by atoms with Gasteiger partial charge in [-0.05, 0) is 13.8 Å². The fourth-order valence-electron chi connectivity index (χ4n) is 0.952. The van der Waals surface area contributed by atoms with E-state index in [0.29, 0.717) is 0 Å². The normalized spacial score (nSPS) is 13.5. The summed E-state index contributed by atoms with van der Waals surface area (Å²) in [6.07, 6.45) is 2.34. The molecule has 2 N–H and O–H groups in total. The molecule has 0 aromatic rings. The van der Waals surface area contributed by atoms with Crippen molar-refractivity contribution in [1.82, 2.24) is 0 Å². The first-order valence-electron chi connectivity index (χ1n) is 4.90. The second kappa shape index (κ2) is 7.38. The number of rotatable bonds is 8. The molecule has 0 aromatic heterocycles. The van der Waals surface area contributed by atoms with E-state index in [1.54, 1.807) is 13.8 Å². The van der Waals surface area contributed by atoms with Crippen LogP contribution >= 0.6 is 15.2 Å². The van der Waals surface area contributed by atoms with Crippen LogP contribution in [0.4, 0.5) is 0 Å². The number of hydrogen-bond donors (Lipinski definition) is 2. The van der Waals surface area contributed by atoms with Gasteiger partial charge in [-0.3, -0.25) is 9.13 Å². The summed E-state index contributed by atoms with van der Waals surface area (Å²) in [7, 11) is -7.18. The first kappa shape index (κ1) is 16.0. The Balaban J connectivity index is 4.22. The maximum Gasteiger partial charge on any atom is 0.334 e. The highest BCUT2D eigenvalue weighted by Gasteiger charge is 2.21. The monoisotopic (exact) mass is 272 g/mol. The highest BCUT2D eigenvalue weighted by atomic mass is 31.2. The minimum atomic E-state index is -4.04. The van der Waals surface area contributed by atoms with E-state index in [-0.39, 0.29) is 25.5 Å². The molecule has 0 radical (unpaired) electrons. The minimum absolute atomic E-state index is 0.0225. The predicted octanol–water partition coefficient (Wildman–Crippen LogP) is 1.99. The quantitative estimate of drug-likeness (QED) is 0.518. The molecule has 0 aliphatic heterocycles. The van der Waals surface area contributed by atoms with Crippen molar-refractivity contribution in [2.75, 3.05) is 25.5 Å². The highest BCUT2D eigenvalue weighted by Crippen LogP contribution is 2.48. The molecule has 0 aliphatic carbocycles. The minimum Gasteiger partial charge on any atom is -0.324 e. The van der Waals surface area contributed by atoms with Crippen LogP contribution in [-0.2, 0) is 18.2 Å². The molecule has 0 amide bonds. The third-order valence-corrected chi connectivity index (χ3v) is 4.14. The molecule has 16 heavy (non-hydrogen) atoms. The Labute approximate surface area is 95.3 Å². The van der Waals surface area contributed by atoms with Gasteiger partial charge < -0.3 is 18.8 Å². The van der Waals surface area contributed by atoms with E-state index >= 15 is 0 Å². The lowest BCUT2D eigenvalue weighted by atomic mass is 10.6. The van der Waals surface area contributed by atoms with Crippen LogP contribution in [0.3, 0.4) is 0 Å². The maximum absolute atomic E-state index is 11.8. The van der Waals surface area contributed by atoms with Crippen LogP contribution in [0.5, 0.6) is 0 Å². The molecule has 0 atom stereocenters. The lowest BCUT2D eigenvalue weighted by Gasteiger charge is -2.14. The SMILES string of the molecule is CCOP(=O)(C/C=C/CP(=O)(O)O)OCC. The molecule has 0 spiro atoms. The zero-order valence-electron chi connectivity index (χ0n) is 9.40. The fourth-order valence-corrected chi connectivity index (χ4v) is 2.85. The Bertz CT molecular complexity index is 298. The van der Waals surface area contributed by atoms with E-state index in [1.165, 1.54) is 12.2 Å². The van der Waals surface area contributed by atoms with Gasteiger partial charge in [0.2, 0.25) is 0 Å². The average Bonchev–Trinajstić information content (AvgIpc) is 2.12. The second-order valence-electron chi connectivity index (χ2n) is 2.95. The largest absolute Gasteiger partial charge is 0.334 e. The highest BCUT2D eigenvalue weighted by molar-refractivity contribution is 7.54. The Morgan fingerprint density at radius 2 is 1.44 bits per heavy atom. The van der Waals surface area contributed by atoms with Crippen LogP contribution in [0.2, 0.25) is 0 Å². The van der Waals surface area contributed by atoms with Crippen LogP contribution in [0.1, 0.15) is 13.8 Å². The van der Waals surface area contributed by atoms with Gasteiger partial charge in [-0.1, -0.05) is 12.2 Å². The summed E-state index contributed by atoms with van der Waals surface area (Å²) in [6.45, 7) is 3.93. The second-order valence-corrected chi connectivity index (χ2v) is 6.75. The van der Waals surface area contributed by atoms with Crippen LogP contribution < -0.4 is 0 Å². The van der Waals surface area contributed by atoms with Gasteiger partial charge in [-0.15, -0.1) is 0 Å². The molecule has 6 nitrogen and oxygen atoms in total. The Morgan fingerprint density at radius 1 is 1.00 bits per heavy atom. The Hall–Kier alpha value is 0.0400. The summed E-state index contributed by atoms with van der Waals surface area (Å²) in [5.41, 5.74) is 0.